The van der Waals surface area contributed by atoms with Crippen LogP contribution in [-0.2, 0) is 15.8 Å². The Balaban J connectivity index is 2.56. The Labute approximate surface area is 142 Å². The molecule has 0 unspecified atom stereocenters. The first-order valence-corrected chi connectivity index (χ1v) is 11.1. The van der Waals surface area contributed by atoms with Crippen molar-refractivity contribution in [3.63, 3.8) is 0 Å². The summed E-state index contributed by atoms with van der Waals surface area (Å²) in [5.74, 6) is 0.859. The Morgan fingerprint density at radius 3 is 2.26 bits per heavy atom. The van der Waals surface area contributed by atoms with Gasteiger partial charge in [0.1, 0.15) is 5.75 Å². The van der Waals surface area contributed by atoms with Crippen molar-refractivity contribution in [1.82, 2.24) is 0 Å². The van der Waals surface area contributed by atoms with E-state index < -0.39 is 8.32 Å². The Bertz CT molecular complexity index is 474. The monoisotopic (exact) mass is 336 g/mol. The lowest BCUT2D eigenvalue weighted by atomic mass is 10.2. The van der Waals surface area contributed by atoms with Gasteiger partial charge in [0, 0.05) is 0 Å². The van der Waals surface area contributed by atoms with Crippen molar-refractivity contribution in [2.24, 2.45) is 0 Å². The van der Waals surface area contributed by atoms with Gasteiger partial charge in [-0.2, -0.15) is 0 Å². The van der Waals surface area contributed by atoms with E-state index in [1.807, 2.05) is 30.3 Å². The number of rotatable bonds is 9. The van der Waals surface area contributed by atoms with Crippen LogP contribution in [0.1, 0.15) is 32.8 Å². The SMILES string of the molecule is C=CC[C@@H](CO[Si](C)(C)C(C)(C)C)OCc1ccc(OC)cc1. The minimum Gasteiger partial charge on any atom is -0.497 e. The maximum atomic E-state index is 6.28. The fourth-order valence-corrected chi connectivity index (χ4v) is 2.86. The molecule has 23 heavy (non-hydrogen) atoms. The molecule has 0 aliphatic rings. The second-order valence-electron chi connectivity index (χ2n) is 7.38. The smallest absolute Gasteiger partial charge is 0.192 e. The zero-order chi connectivity index (χ0) is 17.5. The number of hydrogen-bond donors (Lipinski definition) is 0. The number of ether oxygens (including phenoxy) is 2. The predicted octanol–water partition coefficient (Wildman–Crippen LogP) is 5.18. The van der Waals surface area contributed by atoms with Crippen LogP contribution in [0.25, 0.3) is 0 Å². The maximum Gasteiger partial charge on any atom is 0.192 e. The average Bonchev–Trinajstić information content (AvgIpc) is 2.49. The minimum absolute atomic E-state index is 0.0451. The van der Waals surface area contributed by atoms with Crippen molar-refractivity contribution >= 4 is 8.32 Å². The minimum atomic E-state index is -1.75. The van der Waals surface area contributed by atoms with Crippen molar-refractivity contribution in [2.45, 2.75) is 58.0 Å². The quantitative estimate of drug-likeness (QED) is 0.459. The van der Waals surface area contributed by atoms with Crippen LogP contribution in [0.4, 0.5) is 0 Å². The van der Waals surface area contributed by atoms with Gasteiger partial charge in [0.15, 0.2) is 8.32 Å². The highest BCUT2D eigenvalue weighted by Crippen LogP contribution is 2.36. The molecule has 0 aliphatic heterocycles. The second kappa shape index (κ2) is 8.67. The topological polar surface area (TPSA) is 27.7 Å². The van der Waals surface area contributed by atoms with Crippen molar-refractivity contribution in [2.75, 3.05) is 13.7 Å². The largest absolute Gasteiger partial charge is 0.497 e. The Morgan fingerprint density at radius 1 is 1.17 bits per heavy atom. The van der Waals surface area contributed by atoms with Crippen molar-refractivity contribution in [3.05, 3.63) is 42.5 Å². The molecule has 130 valence electrons. The van der Waals surface area contributed by atoms with Gasteiger partial charge in [0.05, 0.1) is 26.4 Å². The van der Waals surface area contributed by atoms with Crippen LogP contribution in [0, 0.1) is 0 Å². The second-order valence-corrected chi connectivity index (χ2v) is 12.2. The molecule has 0 saturated heterocycles. The standard InChI is InChI=1S/C19H32O3Si/c1-8-9-18(15-22-23(6,7)19(2,3)4)21-14-16-10-12-17(20-5)13-11-16/h8,10-13,18H,1,9,14-15H2,2-7H3/t18-/m0/s1. The van der Waals surface area contributed by atoms with E-state index in [2.05, 4.69) is 40.4 Å². The van der Waals surface area contributed by atoms with Gasteiger partial charge in [-0.15, -0.1) is 6.58 Å². The van der Waals surface area contributed by atoms with Crippen molar-refractivity contribution in [1.29, 1.82) is 0 Å². The van der Waals surface area contributed by atoms with Crippen LogP contribution < -0.4 is 4.74 Å². The molecule has 0 saturated carbocycles. The molecule has 1 rings (SSSR count). The van der Waals surface area contributed by atoms with E-state index in [0.29, 0.717) is 13.2 Å². The fraction of sp³-hybridized carbons (Fsp3) is 0.579. The zero-order valence-corrected chi connectivity index (χ0v) is 16.5. The van der Waals surface area contributed by atoms with E-state index in [1.54, 1.807) is 7.11 Å². The highest BCUT2D eigenvalue weighted by atomic mass is 28.4. The van der Waals surface area contributed by atoms with Gasteiger partial charge in [-0.1, -0.05) is 39.0 Å². The fourth-order valence-electron chi connectivity index (χ4n) is 1.82. The molecule has 3 nitrogen and oxygen atoms in total. The lowest BCUT2D eigenvalue weighted by Crippen LogP contribution is -2.42. The first-order chi connectivity index (χ1) is 10.7. The number of methoxy groups -OCH3 is 1. The van der Waals surface area contributed by atoms with Gasteiger partial charge in [-0.05, 0) is 42.2 Å². The molecule has 0 fully saturated rings. The van der Waals surface area contributed by atoms with E-state index in [9.17, 15) is 0 Å². The van der Waals surface area contributed by atoms with Crippen molar-refractivity contribution in [3.8, 4) is 5.75 Å². The molecule has 1 aromatic rings. The van der Waals surface area contributed by atoms with E-state index >= 15 is 0 Å². The van der Waals surface area contributed by atoms with Gasteiger partial charge in [-0.3, -0.25) is 0 Å². The Morgan fingerprint density at radius 2 is 1.78 bits per heavy atom. The van der Waals surface area contributed by atoms with Gasteiger partial charge >= 0.3 is 0 Å². The summed E-state index contributed by atoms with van der Waals surface area (Å²) in [6.07, 6.45) is 2.74. The summed E-state index contributed by atoms with van der Waals surface area (Å²) >= 11 is 0. The molecule has 0 spiro atoms. The van der Waals surface area contributed by atoms with Gasteiger partial charge < -0.3 is 13.9 Å². The lowest BCUT2D eigenvalue weighted by Gasteiger charge is -2.37. The molecule has 0 aliphatic carbocycles. The van der Waals surface area contributed by atoms with Crippen LogP contribution in [0.5, 0.6) is 5.75 Å². The van der Waals surface area contributed by atoms with Gasteiger partial charge in [-0.25, -0.2) is 0 Å². The molecule has 0 aromatic heterocycles. The third-order valence-corrected chi connectivity index (χ3v) is 9.01. The van der Waals surface area contributed by atoms with E-state index in [1.165, 1.54) is 0 Å². The first-order valence-electron chi connectivity index (χ1n) is 8.19. The van der Waals surface area contributed by atoms with E-state index in [-0.39, 0.29) is 11.1 Å². The molecular weight excluding hydrogens is 304 g/mol. The number of hydrogen-bond acceptors (Lipinski definition) is 3. The van der Waals surface area contributed by atoms with Crippen LogP contribution in [-0.4, -0.2) is 28.1 Å². The third kappa shape index (κ3) is 6.49. The Hall–Kier alpha value is -1.10. The Kier molecular flexibility index (Phi) is 7.51. The highest BCUT2D eigenvalue weighted by molar-refractivity contribution is 6.74. The summed E-state index contributed by atoms with van der Waals surface area (Å²) < 4.78 is 17.5. The maximum absolute atomic E-state index is 6.28. The first kappa shape index (κ1) is 19.9. The third-order valence-electron chi connectivity index (χ3n) is 4.51. The molecule has 1 aromatic carbocycles. The van der Waals surface area contributed by atoms with Crippen molar-refractivity contribution < 1.29 is 13.9 Å². The molecule has 0 N–H and O–H groups in total. The molecule has 0 heterocycles. The van der Waals surface area contributed by atoms with Crippen LogP contribution in [0.15, 0.2) is 36.9 Å². The zero-order valence-electron chi connectivity index (χ0n) is 15.5. The summed E-state index contributed by atoms with van der Waals surface area (Å²) in [5, 5.41) is 0.210. The highest BCUT2D eigenvalue weighted by Gasteiger charge is 2.37. The van der Waals surface area contributed by atoms with Crippen LogP contribution >= 0.6 is 0 Å². The summed E-state index contributed by atoms with van der Waals surface area (Å²) in [6, 6.07) is 7.96. The summed E-state index contributed by atoms with van der Waals surface area (Å²) in [6.45, 7) is 16.3. The van der Waals surface area contributed by atoms with Crippen LogP contribution in [0.3, 0.4) is 0 Å². The summed E-state index contributed by atoms with van der Waals surface area (Å²) in [5.41, 5.74) is 1.13. The van der Waals surface area contributed by atoms with Gasteiger partial charge in [0.25, 0.3) is 0 Å². The molecule has 1 atom stereocenters. The summed E-state index contributed by atoms with van der Waals surface area (Å²) in [7, 11) is -0.0778. The molecule has 0 amide bonds. The molecule has 0 radical (unpaired) electrons. The molecular formula is C19H32O3Si. The molecule has 0 bridgehead atoms. The van der Waals surface area contributed by atoms with Crippen LogP contribution in [0.2, 0.25) is 18.1 Å². The van der Waals surface area contributed by atoms with E-state index in [0.717, 1.165) is 17.7 Å². The molecule has 4 heteroatoms. The van der Waals surface area contributed by atoms with E-state index in [4.69, 9.17) is 13.9 Å². The predicted molar refractivity (Wildman–Crippen MR) is 99.5 cm³/mol. The summed E-state index contributed by atoms with van der Waals surface area (Å²) in [4.78, 5) is 0. The lowest BCUT2D eigenvalue weighted by molar-refractivity contribution is 0.00813. The average molecular weight is 337 g/mol. The normalized spacial score (nSPS) is 13.7. The number of benzene rings is 1. The van der Waals surface area contributed by atoms with Gasteiger partial charge in [0.2, 0.25) is 0 Å².